The van der Waals surface area contributed by atoms with E-state index in [0.717, 1.165) is 0 Å². The Morgan fingerprint density at radius 1 is 1.56 bits per heavy atom. The van der Waals surface area contributed by atoms with E-state index in [1.807, 2.05) is 0 Å². The highest BCUT2D eigenvalue weighted by Crippen LogP contribution is 2.36. The van der Waals surface area contributed by atoms with Crippen molar-refractivity contribution in [1.29, 1.82) is 0 Å². The third kappa shape index (κ3) is 9.06. The van der Waals surface area contributed by atoms with Gasteiger partial charge in [-0.05, 0) is 13.3 Å². The van der Waals surface area contributed by atoms with Crippen LogP contribution >= 0.6 is 23.8 Å². The number of hydrogen-bond acceptors (Lipinski definition) is 4. The molecule has 94 valence electrons. The summed E-state index contributed by atoms with van der Waals surface area (Å²) >= 11 is 3.14. The molecule has 0 rings (SSSR count). The maximum Gasteiger partial charge on any atom is 0.469 e. The van der Waals surface area contributed by atoms with Crippen LogP contribution in [0.25, 0.3) is 0 Å². The SMILES string of the molecule is C=C(C)C(=O)OCCC(Br)COP(=O)(O)O. The van der Waals surface area contributed by atoms with Gasteiger partial charge in [-0.3, -0.25) is 4.52 Å². The third-order valence-electron chi connectivity index (χ3n) is 1.44. The molecule has 0 radical (unpaired) electrons. The summed E-state index contributed by atoms with van der Waals surface area (Å²) in [5, 5.41) is 0. The molecule has 0 bridgehead atoms. The summed E-state index contributed by atoms with van der Waals surface area (Å²) in [6.07, 6.45) is 0.388. The van der Waals surface area contributed by atoms with Gasteiger partial charge >= 0.3 is 13.8 Å². The first-order valence-corrected chi connectivity index (χ1v) is 6.83. The summed E-state index contributed by atoms with van der Waals surface area (Å²) in [7, 11) is -4.44. The Labute approximate surface area is 102 Å². The molecule has 2 N–H and O–H groups in total. The molecule has 0 saturated heterocycles. The van der Waals surface area contributed by atoms with Crippen LogP contribution in [-0.4, -0.2) is 33.8 Å². The molecule has 0 aromatic carbocycles. The fourth-order valence-electron chi connectivity index (χ4n) is 0.664. The third-order valence-corrected chi connectivity index (χ3v) is 2.64. The molecule has 0 saturated carbocycles. The highest BCUT2D eigenvalue weighted by Gasteiger charge is 2.16. The van der Waals surface area contributed by atoms with Gasteiger partial charge in [-0.25, -0.2) is 9.36 Å². The number of rotatable bonds is 7. The number of ether oxygens (including phenoxy) is 1. The second kappa shape index (κ2) is 7.19. The molecule has 1 unspecified atom stereocenters. The summed E-state index contributed by atoms with van der Waals surface area (Å²) in [6.45, 7) is 4.91. The molecule has 0 aliphatic carbocycles. The standard InChI is InChI=1S/C8H14BrO6P/c1-6(2)8(10)14-4-3-7(9)5-15-16(11,12)13/h7H,1,3-5H2,2H3,(H2,11,12,13). The quantitative estimate of drug-likeness (QED) is 0.319. The number of phosphoric acid groups is 1. The summed E-state index contributed by atoms with van der Waals surface area (Å²) in [6, 6.07) is 0. The van der Waals surface area contributed by atoms with E-state index in [9.17, 15) is 9.36 Å². The smallest absolute Gasteiger partial charge is 0.462 e. The first-order valence-electron chi connectivity index (χ1n) is 4.39. The van der Waals surface area contributed by atoms with Crippen LogP contribution in [0.5, 0.6) is 0 Å². The lowest BCUT2D eigenvalue weighted by molar-refractivity contribution is -0.139. The summed E-state index contributed by atoms with van der Waals surface area (Å²) in [5.74, 6) is -0.490. The van der Waals surface area contributed by atoms with Crippen molar-refractivity contribution in [2.75, 3.05) is 13.2 Å². The molecule has 8 heteroatoms. The van der Waals surface area contributed by atoms with Crippen LogP contribution in [0.4, 0.5) is 0 Å². The van der Waals surface area contributed by atoms with E-state index in [4.69, 9.17) is 14.5 Å². The number of carbonyl (C=O) groups excluding carboxylic acids is 1. The van der Waals surface area contributed by atoms with Crippen LogP contribution in [-0.2, 0) is 18.6 Å². The zero-order chi connectivity index (χ0) is 12.8. The van der Waals surface area contributed by atoms with E-state index >= 15 is 0 Å². The summed E-state index contributed by atoms with van der Waals surface area (Å²) < 4.78 is 19.4. The monoisotopic (exact) mass is 316 g/mol. The van der Waals surface area contributed by atoms with Crippen LogP contribution in [0, 0.1) is 0 Å². The number of esters is 1. The minimum Gasteiger partial charge on any atom is -0.462 e. The number of phosphoric ester groups is 1. The fraction of sp³-hybridized carbons (Fsp3) is 0.625. The fourth-order valence-corrected chi connectivity index (χ4v) is 1.56. The Morgan fingerprint density at radius 2 is 2.12 bits per heavy atom. The molecule has 6 nitrogen and oxygen atoms in total. The Morgan fingerprint density at radius 3 is 2.56 bits per heavy atom. The van der Waals surface area contributed by atoms with Crippen molar-refractivity contribution >= 4 is 29.7 Å². The van der Waals surface area contributed by atoms with Gasteiger partial charge in [0.1, 0.15) is 0 Å². The molecule has 0 heterocycles. The van der Waals surface area contributed by atoms with Gasteiger partial charge < -0.3 is 14.5 Å². The lowest BCUT2D eigenvalue weighted by Crippen LogP contribution is -2.13. The first-order chi connectivity index (χ1) is 7.22. The Hall–Kier alpha value is -0.200. The highest BCUT2D eigenvalue weighted by molar-refractivity contribution is 9.09. The van der Waals surface area contributed by atoms with Gasteiger partial charge in [0.25, 0.3) is 0 Å². The van der Waals surface area contributed by atoms with Crippen LogP contribution in [0.2, 0.25) is 0 Å². The predicted octanol–water partition coefficient (Wildman–Crippen LogP) is 1.37. The van der Waals surface area contributed by atoms with Gasteiger partial charge in [-0.15, -0.1) is 0 Å². The number of halogens is 1. The van der Waals surface area contributed by atoms with Gasteiger partial charge in [0, 0.05) is 10.4 Å². The van der Waals surface area contributed by atoms with Crippen molar-refractivity contribution in [3.8, 4) is 0 Å². The Kier molecular flexibility index (Phi) is 7.10. The molecular formula is C8H14BrO6P. The number of carbonyl (C=O) groups is 1. The average Bonchev–Trinajstić information content (AvgIpc) is 2.13. The molecule has 0 aromatic rings. The maximum atomic E-state index is 10.9. The second-order valence-corrected chi connectivity index (χ2v) is 5.62. The van der Waals surface area contributed by atoms with Crippen molar-refractivity contribution in [2.24, 2.45) is 0 Å². The topological polar surface area (TPSA) is 93.1 Å². The van der Waals surface area contributed by atoms with Crippen molar-refractivity contribution < 1.29 is 28.4 Å². The summed E-state index contributed by atoms with van der Waals surface area (Å²) in [4.78, 5) is 27.5. The van der Waals surface area contributed by atoms with Crippen LogP contribution < -0.4 is 0 Å². The van der Waals surface area contributed by atoms with Gasteiger partial charge in [0.15, 0.2) is 0 Å². The van der Waals surface area contributed by atoms with Crippen molar-refractivity contribution in [3.63, 3.8) is 0 Å². The van der Waals surface area contributed by atoms with E-state index in [1.165, 1.54) is 6.92 Å². The van der Waals surface area contributed by atoms with E-state index in [1.54, 1.807) is 0 Å². The normalized spacial score (nSPS) is 13.2. The summed E-state index contributed by atoms with van der Waals surface area (Å²) in [5.41, 5.74) is 0.303. The van der Waals surface area contributed by atoms with Gasteiger partial charge in [0.05, 0.1) is 13.2 Å². The molecule has 0 aromatic heterocycles. The minimum absolute atomic E-state index is 0.131. The molecule has 0 spiro atoms. The molecule has 0 amide bonds. The predicted molar refractivity (Wildman–Crippen MR) is 61.1 cm³/mol. The van der Waals surface area contributed by atoms with Crippen LogP contribution in [0.15, 0.2) is 12.2 Å². The molecule has 0 fully saturated rings. The molecule has 1 atom stereocenters. The van der Waals surface area contributed by atoms with E-state index in [-0.39, 0.29) is 18.0 Å². The first kappa shape index (κ1) is 15.8. The van der Waals surface area contributed by atoms with E-state index in [2.05, 4.69) is 27.0 Å². The highest BCUT2D eigenvalue weighted by atomic mass is 79.9. The van der Waals surface area contributed by atoms with E-state index < -0.39 is 13.8 Å². The molecule has 0 aliphatic heterocycles. The van der Waals surface area contributed by atoms with Crippen molar-refractivity contribution in [2.45, 2.75) is 18.2 Å². The van der Waals surface area contributed by atoms with Crippen molar-refractivity contribution in [3.05, 3.63) is 12.2 Å². The zero-order valence-corrected chi connectivity index (χ0v) is 11.2. The lowest BCUT2D eigenvalue weighted by Gasteiger charge is -2.11. The Bertz CT molecular complexity index is 299. The molecule has 16 heavy (non-hydrogen) atoms. The van der Waals surface area contributed by atoms with Gasteiger partial charge in [-0.1, -0.05) is 22.5 Å². The number of alkyl halides is 1. The van der Waals surface area contributed by atoms with Gasteiger partial charge in [-0.2, -0.15) is 0 Å². The largest absolute Gasteiger partial charge is 0.469 e. The number of hydrogen-bond donors (Lipinski definition) is 2. The zero-order valence-electron chi connectivity index (χ0n) is 8.76. The molecular weight excluding hydrogens is 303 g/mol. The maximum absolute atomic E-state index is 10.9. The Balaban J connectivity index is 3.66. The lowest BCUT2D eigenvalue weighted by atomic mass is 10.3. The van der Waals surface area contributed by atoms with Gasteiger partial charge in [0.2, 0.25) is 0 Å². The average molecular weight is 317 g/mol. The molecule has 0 aliphatic rings. The second-order valence-electron chi connectivity index (χ2n) is 3.09. The van der Waals surface area contributed by atoms with Crippen LogP contribution in [0.3, 0.4) is 0 Å². The van der Waals surface area contributed by atoms with Crippen molar-refractivity contribution in [1.82, 2.24) is 0 Å². The van der Waals surface area contributed by atoms with E-state index in [0.29, 0.717) is 12.0 Å². The minimum atomic E-state index is -4.44. The van der Waals surface area contributed by atoms with Crippen LogP contribution in [0.1, 0.15) is 13.3 Å².